The van der Waals surface area contributed by atoms with Gasteiger partial charge in [-0.3, -0.25) is 0 Å². The highest BCUT2D eigenvalue weighted by molar-refractivity contribution is 7.98. The van der Waals surface area contributed by atoms with Crippen LogP contribution in [0.25, 0.3) is 11.4 Å². The molecule has 0 aromatic heterocycles. The van der Waals surface area contributed by atoms with Crippen molar-refractivity contribution in [2.45, 2.75) is 157 Å². The van der Waals surface area contributed by atoms with Gasteiger partial charge in [0.05, 0.1) is 14.2 Å². The lowest BCUT2D eigenvalue weighted by Gasteiger charge is -2.38. The van der Waals surface area contributed by atoms with Gasteiger partial charge in [-0.15, -0.1) is 0 Å². The maximum atomic E-state index is 5.74. The van der Waals surface area contributed by atoms with Crippen LogP contribution >= 0.6 is 15.8 Å². The Bertz CT molecular complexity index is 2100. The predicted molar refractivity (Wildman–Crippen MR) is 260 cm³/mol. The van der Waals surface area contributed by atoms with Gasteiger partial charge in [0, 0.05) is 0 Å². The maximum absolute atomic E-state index is 5.74. The second-order valence-corrected chi connectivity index (χ2v) is 26.9. The van der Waals surface area contributed by atoms with Crippen molar-refractivity contribution in [1.29, 1.82) is 0 Å². The fraction of sp³-hybridized carbons (Fsp3) is 0.481. The first-order valence-corrected chi connectivity index (χ1v) is 23.9. The molecule has 0 saturated heterocycles. The van der Waals surface area contributed by atoms with Crippen molar-refractivity contribution in [2.75, 3.05) is 14.2 Å². The molecule has 2 atom stereocenters. The van der Waals surface area contributed by atoms with Crippen molar-refractivity contribution in [1.82, 2.24) is 0 Å². The van der Waals surface area contributed by atoms with Crippen LogP contribution in [-0.2, 0) is 32.5 Å². The molecule has 0 bridgehead atoms. The van der Waals surface area contributed by atoms with Gasteiger partial charge in [0.1, 0.15) is 11.5 Å². The van der Waals surface area contributed by atoms with E-state index in [9.17, 15) is 0 Å². The second kappa shape index (κ2) is 16.0. The molecule has 0 radical (unpaired) electrons. The average Bonchev–Trinajstić information content (AvgIpc) is 3.46. The molecule has 1 aliphatic rings. The second-order valence-electron chi connectivity index (χ2n) is 22.6. The minimum Gasteiger partial charge on any atom is -0.497 e. The van der Waals surface area contributed by atoms with Crippen molar-refractivity contribution >= 4 is 37.8 Å². The van der Waals surface area contributed by atoms with E-state index in [1.54, 1.807) is 19.3 Å². The van der Waals surface area contributed by atoms with E-state index in [2.05, 4.69) is 209 Å². The van der Waals surface area contributed by atoms with Crippen LogP contribution in [0.15, 0.2) is 83.7 Å². The van der Waals surface area contributed by atoms with Crippen molar-refractivity contribution in [3.8, 4) is 11.5 Å². The highest BCUT2D eigenvalue weighted by Crippen LogP contribution is 2.77. The molecule has 58 heavy (non-hydrogen) atoms. The summed E-state index contributed by atoms with van der Waals surface area (Å²) in [4.78, 5) is 0. The van der Waals surface area contributed by atoms with Crippen LogP contribution in [0.2, 0.25) is 0 Å². The summed E-state index contributed by atoms with van der Waals surface area (Å²) in [6, 6.07) is 27.9. The van der Waals surface area contributed by atoms with E-state index in [-0.39, 0.29) is 32.5 Å². The molecule has 0 amide bonds. The minimum atomic E-state index is -1.02. The number of ether oxygens (including phenoxy) is 2. The SMILES string of the molecule is COc1ccc(/C=C2/P(c3c(C(C)(C)C)cc(C(C)(C)C)cc3C(C)(C)C)C=C(c3ccc(OC)cc3)P2c2c(C(C)(C)C)cc(C(C)(C)C)cc2C(C)(C)C)cc1. The Morgan fingerprint density at radius 3 is 1.10 bits per heavy atom. The van der Waals surface area contributed by atoms with Gasteiger partial charge in [-0.2, -0.15) is 0 Å². The van der Waals surface area contributed by atoms with Crippen LogP contribution in [-0.4, -0.2) is 14.2 Å². The number of benzene rings is 4. The third-order valence-electron chi connectivity index (χ3n) is 11.4. The summed E-state index contributed by atoms with van der Waals surface area (Å²) < 4.78 is 11.4. The Hall–Kier alpha value is -3.18. The van der Waals surface area contributed by atoms with Gasteiger partial charge in [0.2, 0.25) is 0 Å². The van der Waals surface area contributed by atoms with Crippen LogP contribution in [0.3, 0.4) is 0 Å². The van der Waals surface area contributed by atoms with Crippen LogP contribution in [0, 0.1) is 0 Å². The third-order valence-corrected chi connectivity index (χ3v) is 17.4. The standard InChI is InChI=1S/C54H74O2P2/c1-49(2,3)37-30-41(51(7,8)9)47(42(31-37)52(10,11)12)57-34-45(36-23-27-40(56-20)28-24-36)58(46(57)29-35-21-25-39(55-19)26-22-35)48-43(53(13,14)15)32-38(50(4,5)6)33-44(48)54(16,17)18/h21-34H,1-20H3/b46-29-. The number of hydrogen-bond donors (Lipinski definition) is 0. The molecule has 2 nitrogen and oxygen atoms in total. The molecule has 4 aromatic rings. The molecule has 1 heterocycles. The van der Waals surface area contributed by atoms with E-state index in [1.807, 2.05) is 0 Å². The fourth-order valence-corrected chi connectivity index (χ4v) is 15.7. The Labute approximate surface area is 356 Å². The number of methoxy groups -OCH3 is 2. The smallest absolute Gasteiger partial charge is 0.118 e. The van der Waals surface area contributed by atoms with Crippen molar-refractivity contribution in [3.63, 3.8) is 0 Å². The molecule has 0 spiro atoms. The molecule has 312 valence electrons. The average molecular weight is 817 g/mol. The van der Waals surface area contributed by atoms with E-state index in [0.29, 0.717) is 0 Å². The largest absolute Gasteiger partial charge is 0.497 e. The van der Waals surface area contributed by atoms with Gasteiger partial charge in [0.15, 0.2) is 0 Å². The topological polar surface area (TPSA) is 18.5 Å². The summed E-state index contributed by atoms with van der Waals surface area (Å²) >= 11 is 0. The van der Waals surface area contributed by atoms with Gasteiger partial charge < -0.3 is 9.47 Å². The lowest BCUT2D eigenvalue weighted by atomic mass is 9.75. The highest BCUT2D eigenvalue weighted by atomic mass is 31.2. The number of hydrogen-bond acceptors (Lipinski definition) is 2. The highest BCUT2D eigenvalue weighted by Gasteiger charge is 2.43. The number of rotatable bonds is 6. The van der Waals surface area contributed by atoms with Crippen LogP contribution in [0.5, 0.6) is 11.5 Å². The summed E-state index contributed by atoms with van der Waals surface area (Å²) in [5, 5.41) is 6.04. The molecule has 0 saturated carbocycles. The monoisotopic (exact) mass is 817 g/mol. The maximum Gasteiger partial charge on any atom is 0.118 e. The molecule has 0 fully saturated rings. The fourth-order valence-electron chi connectivity index (χ4n) is 7.76. The molecule has 2 unspecified atom stereocenters. The van der Waals surface area contributed by atoms with Gasteiger partial charge in [-0.05, 0) is 150 Å². The Morgan fingerprint density at radius 2 is 0.776 bits per heavy atom. The van der Waals surface area contributed by atoms with Crippen LogP contribution in [0.1, 0.15) is 169 Å². The molecule has 0 N–H and O–H groups in total. The molecule has 5 rings (SSSR count). The van der Waals surface area contributed by atoms with Gasteiger partial charge in [-0.1, -0.05) is 173 Å². The summed E-state index contributed by atoms with van der Waals surface area (Å²) in [5.41, 5.74) is 10.8. The first kappa shape index (κ1) is 45.9. The lowest BCUT2D eigenvalue weighted by Crippen LogP contribution is -2.32. The van der Waals surface area contributed by atoms with E-state index >= 15 is 0 Å². The molecule has 1 aliphatic heterocycles. The molecular formula is C54H74O2P2. The summed E-state index contributed by atoms with van der Waals surface area (Å²) in [6.07, 6.45) is 2.58. The predicted octanol–water partition coefficient (Wildman–Crippen LogP) is 15.4. The van der Waals surface area contributed by atoms with Crippen molar-refractivity contribution < 1.29 is 9.47 Å². The van der Waals surface area contributed by atoms with Crippen LogP contribution in [0.4, 0.5) is 0 Å². The molecular weight excluding hydrogens is 743 g/mol. The Morgan fingerprint density at radius 1 is 0.431 bits per heavy atom. The van der Waals surface area contributed by atoms with E-state index in [0.717, 1.165) is 11.5 Å². The van der Waals surface area contributed by atoms with Crippen molar-refractivity contribution in [2.24, 2.45) is 0 Å². The van der Waals surface area contributed by atoms with E-state index < -0.39 is 15.8 Å². The quantitative estimate of drug-likeness (QED) is 0.181. The first-order valence-electron chi connectivity index (χ1n) is 21.2. The minimum absolute atomic E-state index is 0.00250. The van der Waals surface area contributed by atoms with Crippen molar-refractivity contribution in [3.05, 3.63) is 128 Å². The lowest BCUT2D eigenvalue weighted by molar-refractivity contribution is 0.414. The summed E-state index contributed by atoms with van der Waals surface area (Å²) in [7, 11) is 1.53. The first-order chi connectivity index (χ1) is 26.5. The molecule has 4 aromatic carbocycles. The summed E-state index contributed by atoms with van der Waals surface area (Å²) in [6.45, 7) is 43.2. The Balaban J connectivity index is 2.07. The Kier molecular flexibility index (Phi) is 12.7. The zero-order chi connectivity index (χ0) is 43.6. The molecule has 4 heteroatoms. The van der Waals surface area contributed by atoms with Gasteiger partial charge >= 0.3 is 0 Å². The zero-order valence-corrected chi connectivity index (χ0v) is 41.6. The third kappa shape index (κ3) is 9.72. The summed E-state index contributed by atoms with van der Waals surface area (Å²) in [5.74, 6) is 4.50. The molecule has 0 aliphatic carbocycles. The normalized spacial score (nSPS) is 17.8. The van der Waals surface area contributed by atoms with Crippen LogP contribution < -0.4 is 20.1 Å². The zero-order valence-electron chi connectivity index (χ0n) is 39.8. The van der Waals surface area contributed by atoms with E-state index in [1.165, 1.54) is 60.4 Å². The van der Waals surface area contributed by atoms with Gasteiger partial charge in [0.25, 0.3) is 0 Å². The van der Waals surface area contributed by atoms with Gasteiger partial charge in [-0.25, -0.2) is 0 Å². The van der Waals surface area contributed by atoms with E-state index in [4.69, 9.17) is 9.47 Å².